The van der Waals surface area contributed by atoms with Crippen LogP contribution in [0.25, 0.3) is 0 Å². The van der Waals surface area contributed by atoms with Crippen molar-refractivity contribution in [1.29, 1.82) is 0 Å². The van der Waals surface area contributed by atoms with Crippen LogP contribution in [0.4, 0.5) is 5.69 Å². The van der Waals surface area contributed by atoms with Gasteiger partial charge in [0.1, 0.15) is 0 Å². The SMILES string of the molecule is O=S(=O)(Nc1cn[nH]c1)N1CCC(CNC2CC2)CC1. The van der Waals surface area contributed by atoms with Crippen molar-refractivity contribution in [2.75, 3.05) is 24.4 Å². The van der Waals surface area contributed by atoms with Crippen molar-refractivity contribution in [2.45, 2.75) is 31.7 Å². The second-order valence-corrected chi connectivity index (χ2v) is 7.29. The lowest BCUT2D eigenvalue weighted by Crippen LogP contribution is -2.43. The monoisotopic (exact) mass is 299 g/mol. The third-order valence-corrected chi connectivity index (χ3v) is 5.47. The first-order valence-electron chi connectivity index (χ1n) is 7.13. The van der Waals surface area contributed by atoms with Crippen molar-refractivity contribution in [3.8, 4) is 0 Å². The van der Waals surface area contributed by atoms with E-state index in [2.05, 4.69) is 20.2 Å². The zero-order valence-corrected chi connectivity index (χ0v) is 12.2. The maximum absolute atomic E-state index is 12.2. The van der Waals surface area contributed by atoms with E-state index in [0.717, 1.165) is 25.4 Å². The van der Waals surface area contributed by atoms with Gasteiger partial charge in [0.25, 0.3) is 0 Å². The second-order valence-electron chi connectivity index (χ2n) is 5.62. The molecule has 8 heteroatoms. The summed E-state index contributed by atoms with van der Waals surface area (Å²) in [7, 11) is -3.45. The van der Waals surface area contributed by atoms with E-state index in [0.29, 0.717) is 24.7 Å². The van der Waals surface area contributed by atoms with Gasteiger partial charge < -0.3 is 5.32 Å². The predicted octanol–water partition coefficient (Wildman–Crippen LogP) is 0.530. The van der Waals surface area contributed by atoms with Crippen molar-refractivity contribution in [3.63, 3.8) is 0 Å². The standard InChI is InChI=1S/C12H21N5O2S/c18-20(19,16-12-8-14-15-9-12)17-5-3-10(4-6-17)7-13-11-1-2-11/h8-11,13,16H,1-7H2,(H,14,15). The Kier molecular flexibility index (Phi) is 3.95. The molecular weight excluding hydrogens is 278 g/mol. The Labute approximate surface area is 119 Å². The van der Waals surface area contributed by atoms with Crippen LogP contribution in [-0.2, 0) is 10.2 Å². The first-order valence-corrected chi connectivity index (χ1v) is 8.57. The molecule has 1 aliphatic carbocycles. The minimum Gasteiger partial charge on any atom is -0.314 e. The molecule has 2 fully saturated rings. The molecule has 0 atom stereocenters. The first kappa shape index (κ1) is 13.8. The van der Waals surface area contributed by atoms with E-state index in [1.165, 1.54) is 29.5 Å². The van der Waals surface area contributed by atoms with E-state index in [1.54, 1.807) is 0 Å². The van der Waals surface area contributed by atoms with Crippen LogP contribution in [0.15, 0.2) is 12.4 Å². The molecule has 1 aromatic heterocycles. The molecule has 1 saturated carbocycles. The Balaban J connectivity index is 1.48. The summed E-state index contributed by atoms with van der Waals surface area (Å²) in [6.45, 7) is 2.20. The fraction of sp³-hybridized carbons (Fsp3) is 0.750. The Hall–Kier alpha value is -1.12. The molecule has 1 aromatic rings. The number of hydrogen-bond donors (Lipinski definition) is 3. The number of aromatic nitrogens is 2. The minimum atomic E-state index is -3.45. The fourth-order valence-electron chi connectivity index (χ4n) is 2.49. The summed E-state index contributed by atoms with van der Waals surface area (Å²) in [5.74, 6) is 0.593. The van der Waals surface area contributed by atoms with Crippen LogP contribution in [0, 0.1) is 5.92 Å². The van der Waals surface area contributed by atoms with E-state index in [1.807, 2.05) is 0 Å². The quantitative estimate of drug-likeness (QED) is 0.715. The fourth-order valence-corrected chi connectivity index (χ4v) is 3.72. The summed E-state index contributed by atoms with van der Waals surface area (Å²) in [5, 5.41) is 9.84. The highest BCUT2D eigenvalue weighted by Crippen LogP contribution is 2.23. The Morgan fingerprint density at radius 2 is 2.05 bits per heavy atom. The topological polar surface area (TPSA) is 90.1 Å². The summed E-state index contributed by atoms with van der Waals surface area (Å²) >= 11 is 0. The molecule has 7 nitrogen and oxygen atoms in total. The van der Waals surface area contributed by atoms with Crippen molar-refractivity contribution < 1.29 is 8.42 Å². The van der Waals surface area contributed by atoms with E-state index in [-0.39, 0.29) is 0 Å². The lowest BCUT2D eigenvalue weighted by molar-refractivity contribution is 0.268. The van der Waals surface area contributed by atoms with Crippen LogP contribution < -0.4 is 10.0 Å². The molecule has 3 N–H and O–H groups in total. The van der Waals surface area contributed by atoms with Gasteiger partial charge in [-0.15, -0.1) is 0 Å². The molecular formula is C12H21N5O2S. The van der Waals surface area contributed by atoms with Crippen molar-refractivity contribution >= 4 is 15.9 Å². The van der Waals surface area contributed by atoms with Gasteiger partial charge in [0, 0.05) is 25.3 Å². The third kappa shape index (κ3) is 3.50. The maximum atomic E-state index is 12.2. The van der Waals surface area contributed by atoms with E-state index < -0.39 is 10.2 Å². The smallest absolute Gasteiger partial charge is 0.301 e. The number of anilines is 1. The summed E-state index contributed by atoms with van der Waals surface area (Å²) < 4.78 is 28.4. The highest BCUT2D eigenvalue weighted by atomic mass is 32.2. The highest BCUT2D eigenvalue weighted by Gasteiger charge is 2.29. The van der Waals surface area contributed by atoms with Gasteiger partial charge in [-0.05, 0) is 38.1 Å². The van der Waals surface area contributed by atoms with Crippen LogP contribution in [0.3, 0.4) is 0 Å². The average molecular weight is 299 g/mol. The van der Waals surface area contributed by atoms with Gasteiger partial charge in [-0.1, -0.05) is 0 Å². The van der Waals surface area contributed by atoms with Crippen molar-refractivity contribution in [1.82, 2.24) is 19.8 Å². The number of nitrogens with one attached hydrogen (secondary N) is 3. The molecule has 1 saturated heterocycles. The van der Waals surface area contributed by atoms with Gasteiger partial charge in [-0.25, -0.2) is 0 Å². The molecule has 3 rings (SSSR count). The maximum Gasteiger partial charge on any atom is 0.301 e. The van der Waals surface area contributed by atoms with E-state index in [9.17, 15) is 8.42 Å². The normalized spacial score (nSPS) is 22.0. The average Bonchev–Trinajstić information content (AvgIpc) is 3.14. The number of rotatable bonds is 6. The minimum absolute atomic E-state index is 0.475. The van der Waals surface area contributed by atoms with Crippen molar-refractivity contribution in [2.24, 2.45) is 5.92 Å². The number of H-pyrrole nitrogens is 1. The van der Waals surface area contributed by atoms with Crippen LogP contribution in [0.1, 0.15) is 25.7 Å². The zero-order valence-electron chi connectivity index (χ0n) is 11.4. The van der Waals surface area contributed by atoms with Crippen LogP contribution in [-0.4, -0.2) is 48.6 Å². The van der Waals surface area contributed by atoms with Crippen LogP contribution in [0.2, 0.25) is 0 Å². The van der Waals surface area contributed by atoms with Crippen LogP contribution >= 0.6 is 0 Å². The number of hydrogen-bond acceptors (Lipinski definition) is 4. The summed E-state index contributed by atoms with van der Waals surface area (Å²) in [5.41, 5.74) is 0.475. The molecule has 0 spiro atoms. The van der Waals surface area contributed by atoms with Crippen molar-refractivity contribution in [3.05, 3.63) is 12.4 Å². The molecule has 2 heterocycles. The Bertz CT molecular complexity index is 518. The van der Waals surface area contributed by atoms with Crippen LogP contribution in [0.5, 0.6) is 0 Å². The van der Waals surface area contributed by atoms with Gasteiger partial charge in [0.15, 0.2) is 0 Å². The molecule has 0 amide bonds. The molecule has 1 aliphatic heterocycles. The second kappa shape index (κ2) is 5.71. The molecule has 0 unspecified atom stereocenters. The van der Waals surface area contributed by atoms with Gasteiger partial charge in [0.2, 0.25) is 0 Å². The summed E-state index contributed by atoms with van der Waals surface area (Å²) in [4.78, 5) is 0. The van der Waals surface area contributed by atoms with Gasteiger partial charge in [-0.2, -0.15) is 17.8 Å². The molecule has 20 heavy (non-hydrogen) atoms. The Morgan fingerprint density at radius 3 is 2.65 bits per heavy atom. The molecule has 2 aliphatic rings. The number of nitrogens with zero attached hydrogens (tertiary/aromatic N) is 2. The largest absolute Gasteiger partial charge is 0.314 e. The third-order valence-electron chi connectivity index (χ3n) is 3.93. The highest BCUT2D eigenvalue weighted by molar-refractivity contribution is 7.90. The number of aromatic amines is 1. The lowest BCUT2D eigenvalue weighted by atomic mass is 9.98. The lowest BCUT2D eigenvalue weighted by Gasteiger charge is -2.31. The molecule has 0 bridgehead atoms. The molecule has 112 valence electrons. The predicted molar refractivity (Wildman–Crippen MR) is 76.5 cm³/mol. The molecule has 0 aromatic carbocycles. The Morgan fingerprint density at radius 1 is 1.30 bits per heavy atom. The molecule has 0 radical (unpaired) electrons. The van der Waals surface area contributed by atoms with Gasteiger partial charge >= 0.3 is 10.2 Å². The van der Waals surface area contributed by atoms with E-state index >= 15 is 0 Å². The van der Waals surface area contributed by atoms with Gasteiger partial charge in [-0.3, -0.25) is 9.82 Å². The summed E-state index contributed by atoms with van der Waals surface area (Å²) in [6.07, 6.45) is 7.43. The van der Waals surface area contributed by atoms with Gasteiger partial charge in [0.05, 0.1) is 11.9 Å². The summed E-state index contributed by atoms with van der Waals surface area (Å²) in [6, 6.07) is 0.722. The van der Waals surface area contributed by atoms with E-state index in [4.69, 9.17) is 0 Å². The first-order chi connectivity index (χ1) is 9.63. The number of piperidine rings is 1. The zero-order chi connectivity index (χ0) is 14.0.